The maximum atomic E-state index is 12.6. The van der Waals surface area contributed by atoms with Gasteiger partial charge in [-0.1, -0.05) is 0 Å². The molecule has 2 aromatic rings. The van der Waals surface area contributed by atoms with Crippen molar-refractivity contribution in [1.29, 1.82) is 15.8 Å². The monoisotopic (exact) mass is 411 g/mol. The summed E-state index contributed by atoms with van der Waals surface area (Å²) < 4.78 is 37.6. The maximum Gasteiger partial charge on any atom is 0.263 e. The van der Waals surface area contributed by atoms with Gasteiger partial charge in [-0.2, -0.15) is 20.8 Å². The Kier molecular flexibility index (Phi) is 6.54. The number of hydrogen-bond donors (Lipinski definition) is 2. The fraction of sp³-hybridized carbons (Fsp3) is 0.118. The zero-order valence-electron chi connectivity index (χ0n) is 15.2. The number of benzene rings is 1. The zero-order chi connectivity index (χ0) is 21.4. The Labute approximate surface area is 166 Å². The second kappa shape index (κ2) is 9.04. The van der Waals surface area contributed by atoms with Gasteiger partial charge >= 0.3 is 0 Å². The van der Waals surface area contributed by atoms with E-state index >= 15 is 0 Å². The van der Waals surface area contributed by atoms with Gasteiger partial charge in [0.2, 0.25) is 5.75 Å². The Morgan fingerprint density at radius 3 is 2.17 bits per heavy atom. The van der Waals surface area contributed by atoms with E-state index in [9.17, 15) is 8.42 Å². The molecule has 0 atom stereocenters. The molecule has 29 heavy (non-hydrogen) atoms. The molecule has 0 unspecified atom stereocenters. The van der Waals surface area contributed by atoms with Gasteiger partial charge < -0.3 is 14.8 Å². The van der Waals surface area contributed by atoms with E-state index < -0.39 is 15.6 Å². The number of hydrogen-bond acceptors (Lipinski definition) is 10. The molecule has 2 N–H and O–H groups in total. The second-order valence-electron chi connectivity index (χ2n) is 5.11. The first-order valence-electron chi connectivity index (χ1n) is 7.67. The van der Waals surface area contributed by atoms with Crippen LogP contribution in [0.2, 0.25) is 0 Å². The molecular formula is C17H13N7O4S. The molecule has 0 amide bonds. The number of anilines is 2. The molecule has 1 heterocycles. The highest BCUT2D eigenvalue weighted by Crippen LogP contribution is 2.32. The van der Waals surface area contributed by atoms with Gasteiger partial charge in [0.25, 0.3) is 15.9 Å². The van der Waals surface area contributed by atoms with Gasteiger partial charge in [0, 0.05) is 5.69 Å². The van der Waals surface area contributed by atoms with E-state index in [1.807, 2.05) is 0 Å². The largest absolute Gasteiger partial charge is 0.489 e. The summed E-state index contributed by atoms with van der Waals surface area (Å²) in [5.41, 5.74) is -0.331. The molecular weight excluding hydrogens is 398 g/mol. The number of aromatic nitrogens is 2. The summed E-state index contributed by atoms with van der Waals surface area (Å²) in [4.78, 5) is 7.58. The van der Waals surface area contributed by atoms with E-state index in [0.717, 1.165) is 6.33 Å². The smallest absolute Gasteiger partial charge is 0.263 e. The van der Waals surface area contributed by atoms with Crippen LogP contribution in [-0.2, 0) is 10.0 Å². The Morgan fingerprint density at radius 2 is 1.66 bits per heavy atom. The van der Waals surface area contributed by atoms with Crippen LogP contribution >= 0.6 is 0 Å². The van der Waals surface area contributed by atoms with Gasteiger partial charge in [0.1, 0.15) is 30.2 Å². The van der Waals surface area contributed by atoms with Crippen molar-refractivity contribution in [3.05, 3.63) is 41.9 Å². The van der Waals surface area contributed by atoms with Crippen LogP contribution < -0.4 is 19.5 Å². The number of nitrogens with zero attached hydrogens (tertiary/aromatic N) is 5. The first-order chi connectivity index (χ1) is 13.9. The Bertz CT molecular complexity index is 1150. The number of methoxy groups -OCH3 is 2. The van der Waals surface area contributed by atoms with Crippen molar-refractivity contribution in [2.75, 3.05) is 24.3 Å². The lowest BCUT2D eigenvalue weighted by molar-refractivity contribution is 0.342. The number of allylic oxidation sites excluding steroid dienone is 2. The predicted molar refractivity (Wildman–Crippen MR) is 99.9 cm³/mol. The number of rotatable bonds is 7. The number of ether oxygens (including phenoxy) is 2. The van der Waals surface area contributed by atoms with Crippen molar-refractivity contribution in [3.63, 3.8) is 0 Å². The predicted octanol–water partition coefficient (Wildman–Crippen LogP) is 1.53. The molecule has 2 rings (SSSR count). The molecule has 0 saturated carbocycles. The zero-order valence-corrected chi connectivity index (χ0v) is 16.0. The van der Waals surface area contributed by atoms with Crippen LogP contribution in [-0.4, -0.2) is 32.6 Å². The first kappa shape index (κ1) is 21.0. The van der Waals surface area contributed by atoms with Gasteiger partial charge in [-0.25, -0.2) is 13.4 Å². The first-order valence-corrected chi connectivity index (χ1v) is 9.16. The third kappa shape index (κ3) is 4.69. The number of nitriles is 3. The molecule has 0 fully saturated rings. The van der Waals surface area contributed by atoms with Gasteiger partial charge in [-0.3, -0.25) is 4.72 Å². The van der Waals surface area contributed by atoms with Gasteiger partial charge in [0.15, 0.2) is 11.4 Å². The van der Waals surface area contributed by atoms with Crippen molar-refractivity contribution < 1.29 is 17.9 Å². The lowest BCUT2D eigenvalue weighted by Crippen LogP contribution is -2.15. The molecule has 0 aliphatic rings. The minimum atomic E-state index is -4.03. The third-order valence-corrected chi connectivity index (χ3v) is 4.77. The van der Waals surface area contributed by atoms with Gasteiger partial charge in [0.05, 0.1) is 19.1 Å². The topological polar surface area (TPSA) is 174 Å². The normalized spacial score (nSPS) is 9.90. The molecule has 0 bridgehead atoms. The summed E-state index contributed by atoms with van der Waals surface area (Å²) >= 11 is 0. The third-order valence-electron chi connectivity index (χ3n) is 3.42. The van der Waals surface area contributed by atoms with Crippen molar-refractivity contribution >= 4 is 21.5 Å². The second-order valence-corrected chi connectivity index (χ2v) is 6.79. The Hall–Kier alpha value is -4.34. The van der Waals surface area contributed by atoms with E-state index in [2.05, 4.69) is 20.0 Å². The standard InChI is InChI=1S/C17H13N7O4S/c1-27-15-16(21-10-22-17(15)28-2)24-29(25,26)13-5-3-12(4-6-13)23-14(9-20)11(7-18)8-19/h3-6,10,23H,1-2H3,(H,21,22,24). The quantitative estimate of drug-likeness (QED) is 0.636. The average Bonchev–Trinajstić information content (AvgIpc) is 2.73. The molecule has 11 nitrogen and oxygen atoms in total. The molecule has 1 aromatic heterocycles. The number of sulfonamides is 1. The molecule has 146 valence electrons. The molecule has 0 radical (unpaired) electrons. The molecule has 0 spiro atoms. The fourth-order valence-corrected chi connectivity index (χ4v) is 3.10. The highest BCUT2D eigenvalue weighted by atomic mass is 32.2. The van der Waals surface area contributed by atoms with Crippen molar-refractivity contribution in [2.45, 2.75) is 4.90 Å². The minimum Gasteiger partial charge on any atom is -0.489 e. The summed E-state index contributed by atoms with van der Waals surface area (Å²) in [6, 6.07) is 10.2. The summed E-state index contributed by atoms with van der Waals surface area (Å²) in [6.07, 6.45) is 1.12. The Balaban J connectivity index is 2.31. The van der Waals surface area contributed by atoms with E-state index in [-0.39, 0.29) is 28.0 Å². The summed E-state index contributed by atoms with van der Waals surface area (Å²) in [5, 5.41) is 29.3. The maximum absolute atomic E-state index is 12.6. The van der Waals surface area contributed by atoms with Crippen LogP contribution in [0.4, 0.5) is 11.5 Å². The summed E-state index contributed by atoms with van der Waals surface area (Å²) in [7, 11) is -1.37. The van der Waals surface area contributed by atoms with Crippen LogP contribution in [0, 0.1) is 34.0 Å². The van der Waals surface area contributed by atoms with Crippen molar-refractivity contribution in [1.82, 2.24) is 9.97 Å². The van der Waals surface area contributed by atoms with E-state index in [1.165, 1.54) is 38.5 Å². The van der Waals surface area contributed by atoms with Crippen LogP contribution in [0.15, 0.2) is 46.8 Å². The minimum absolute atomic E-state index is 0.0150. The number of nitrogens with one attached hydrogen (secondary N) is 2. The molecule has 0 aliphatic carbocycles. The summed E-state index contributed by atoms with van der Waals surface area (Å²) in [6.45, 7) is 0. The SMILES string of the molecule is COc1ncnc(NS(=O)(=O)c2ccc(NC(C#N)=C(C#N)C#N)cc2)c1OC. The lowest BCUT2D eigenvalue weighted by atomic mass is 10.2. The Morgan fingerprint density at radius 1 is 1.00 bits per heavy atom. The van der Waals surface area contributed by atoms with Crippen molar-refractivity contribution in [3.8, 4) is 29.8 Å². The van der Waals surface area contributed by atoms with Gasteiger partial charge in [-0.05, 0) is 24.3 Å². The highest BCUT2D eigenvalue weighted by molar-refractivity contribution is 7.92. The van der Waals surface area contributed by atoms with Crippen molar-refractivity contribution in [2.24, 2.45) is 0 Å². The highest BCUT2D eigenvalue weighted by Gasteiger charge is 2.20. The van der Waals surface area contributed by atoms with E-state index in [0.29, 0.717) is 5.69 Å². The molecule has 0 saturated heterocycles. The van der Waals surface area contributed by atoms with E-state index in [4.69, 9.17) is 25.3 Å². The van der Waals surface area contributed by atoms with Crippen LogP contribution in [0.1, 0.15) is 0 Å². The average molecular weight is 411 g/mol. The van der Waals surface area contributed by atoms with Gasteiger partial charge in [-0.15, -0.1) is 0 Å². The lowest BCUT2D eigenvalue weighted by Gasteiger charge is -2.13. The van der Waals surface area contributed by atoms with Crippen LogP contribution in [0.3, 0.4) is 0 Å². The summed E-state index contributed by atoms with van der Waals surface area (Å²) in [5.74, 6) is -0.0357. The molecule has 1 aromatic carbocycles. The van der Waals surface area contributed by atoms with Crippen LogP contribution in [0.5, 0.6) is 11.6 Å². The van der Waals surface area contributed by atoms with Crippen LogP contribution in [0.25, 0.3) is 0 Å². The molecule has 12 heteroatoms. The fourth-order valence-electron chi connectivity index (χ4n) is 2.09. The van der Waals surface area contributed by atoms with E-state index in [1.54, 1.807) is 18.2 Å². The molecule has 0 aliphatic heterocycles.